The minimum Gasteiger partial charge on any atom is -0.378 e. The molecule has 2 rings (SSSR count). The second kappa shape index (κ2) is 6.60. The molecule has 136 valence electrons. The van der Waals surface area contributed by atoms with Crippen molar-refractivity contribution < 1.29 is 21.6 Å². The third-order valence-corrected chi connectivity index (χ3v) is 7.32. The summed E-state index contributed by atoms with van der Waals surface area (Å²) in [5, 5.41) is 0. The molecular weight excluding hydrogens is 354 g/mol. The zero-order chi connectivity index (χ0) is 18.2. The fraction of sp³-hybridized carbons (Fsp3) is 0.571. The van der Waals surface area contributed by atoms with Crippen molar-refractivity contribution in [2.45, 2.75) is 24.3 Å². The normalized spacial score (nSPS) is 19.4. The predicted octanol–water partition coefficient (Wildman–Crippen LogP) is 0.704. The number of anilines is 1. The van der Waals surface area contributed by atoms with Gasteiger partial charge in [0.05, 0.1) is 23.6 Å². The number of ether oxygens (including phenoxy) is 1. The third-order valence-electron chi connectivity index (χ3n) is 3.74. The smallest absolute Gasteiger partial charge is 0.301 e. The van der Waals surface area contributed by atoms with Crippen LogP contribution in [0, 0.1) is 0 Å². The number of hydrogen-bond acceptors (Lipinski definition) is 5. The molecule has 24 heavy (non-hydrogen) atoms. The maximum atomic E-state index is 12.8. The maximum Gasteiger partial charge on any atom is 0.301 e. The molecule has 1 saturated heterocycles. The largest absolute Gasteiger partial charge is 0.378 e. The molecule has 0 spiro atoms. The predicted molar refractivity (Wildman–Crippen MR) is 91.5 cm³/mol. The highest BCUT2D eigenvalue weighted by atomic mass is 32.2. The van der Waals surface area contributed by atoms with Gasteiger partial charge in [0.1, 0.15) is 0 Å². The number of rotatable bonds is 5. The van der Waals surface area contributed by atoms with Crippen LogP contribution in [0.1, 0.15) is 13.8 Å². The Morgan fingerprint density at radius 1 is 1.12 bits per heavy atom. The highest BCUT2D eigenvalue weighted by Crippen LogP contribution is 2.28. The van der Waals surface area contributed by atoms with Gasteiger partial charge in [-0.15, -0.1) is 0 Å². The number of nitrogens with zero attached hydrogens (tertiary/aromatic N) is 2. The zero-order valence-corrected chi connectivity index (χ0v) is 15.8. The Balaban J connectivity index is 2.27. The molecule has 0 aromatic heterocycles. The molecule has 8 nitrogen and oxygen atoms in total. The van der Waals surface area contributed by atoms with E-state index in [1.165, 1.54) is 42.7 Å². The lowest BCUT2D eigenvalue weighted by Crippen LogP contribution is -2.55. The van der Waals surface area contributed by atoms with Gasteiger partial charge in [-0.3, -0.25) is 4.72 Å². The minimum atomic E-state index is -3.68. The van der Waals surface area contributed by atoms with Crippen LogP contribution in [0.15, 0.2) is 29.2 Å². The van der Waals surface area contributed by atoms with Gasteiger partial charge < -0.3 is 4.74 Å². The van der Waals surface area contributed by atoms with E-state index in [2.05, 4.69) is 4.72 Å². The Kier molecular flexibility index (Phi) is 5.26. The molecule has 1 aliphatic rings. The molecule has 0 atom stereocenters. The lowest BCUT2D eigenvalue weighted by atomic mass is 10.1. The van der Waals surface area contributed by atoms with Crippen LogP contribution in [0.3, 0.4) is 0 Å². The van der Waals surface area contributed by atoms with E-state index in [9.17, 15) is 16.8 Å². The molecule has 1 aromatic rings. The van der Waals surface area contributed by atoms with E-state index in [0.29, 0.717) is 18.9 Å². The quantitative estimate of drug-likeness (QED) is 0.815. The summed E-state index contributed by atoms with van der Waals surface area (Å²) in [4.78, 5) is 0.116. The van der Waals surface area contributed by atoms with E-state index in [4.69, 9.17) is 4.74 Å². The molecule has 1 N–H and O–H groups in total. The van der Waals surface area contributed by atoms with Gasteiger partial charge in [-0.05, 0) is 38.1 Å². The Morgan fingerprint density at radius 3 is 2.21 bits per heavy atom. The first-order chi connectivity index (χ1) is 11.0. The molecule has 0 amide bonds. The number of hydrogen-bond donors (Lipinski definition) is 1. The van der Waals surface area contributed by atoms with Crippen LogP contribution in [-0.4, -0.2) is 64.8 Å². The van der Waals surface area contributed by atoms with Crippen LogP contribution >= 0.6 is 0 Å². The molecule has 0 aliphatic carbocycles. The van der Waals surface area contributed by atoms with Gasteiger partial charge in [0, 0.05) is 26.3 Å². The monoisotopic (exact) mass is 377 g/mol. The van der Waals surface area contributed by atoms with Crippen LogP contribution in [0.5, 0.6) is 0 Å². The Morgan fingerprint density at radius 2 is 1.71 bits per heavy atom. The van der Waals surface area contributed by atoms with Gasteiger partial charge in [-0.25, -0.2) is 8.42 Å². The first kappa shape index (κ1) is 19.1. The number of nitrogens with one attached hydrogen (secondary N) is 1. The van der Waals surface area contributed by atoms with Crippen molar-refractivity contribution in [1.29, 1.82) is 0 Å². The van der Waals surface area contributed by atoms with Crippen molar-refractivity contribution in [3.8, 4) is 0 Å². The zero-order valence-electron chi connectivity index (χ0n) is 14.2. The van der Waals surface area contributed by atoms with Gasteiger partial charge in [0.15, 0.2) is 0 Å². The van der Waals surface area contributed by atoms with E-state index in [0.717, 1.165) is 4.31 Å². The van der Waals surface area contributed by atoms with Gasteiger partial charge >= 0.3 is 10.2 Å². The molecule has 1 fully saturated rings. The third kappa shape index (κ3) is 3.89. The van der Waals surface area contributed by atoms with Crippen LogP contribution in [0.2, 0.25) is 0 Å². The highest BCUT2D eigenvalue weighted by molar-refractivity contribution is 7.90. The molecule has 0 saturated carbocycles. The topological polar surface area (TPSA) is 96.0 Å². The SMILES string of the molecule is CN(C)S(=O)(=O)Nc1ccc(S(=O)(=O)N2CCOCC2(C)C)cc1. The lowest BCUT2D eigenvalue weighted by Gasteiger charge is -2.40. The summed E-state index contributed by atoms with van der Waals surface area (Å²) in [6, 6.07) is 5.66. The van der Waals surface area contributed by atoms with Crippen molar-refractivity contribution in [1.82, 2.24) is 8.61 Å². The first-order valence-electron chi connectivity index (χ1n) is 7.38. The second-order valence-corrected chi connectivity index (χ2v) is 10.1. The summed E-state index contributed by atoms with van der Waals surface area (Å²) < 4.78 is 59.4. The van der Waals surface area contributed by atoms with Crippen LogP contribution in [0.25, 0.3) is 0 Å². The van der Waals surface area contributed by atoms with E-state index in [-0.39, 0.29) is 11.4 Å². The first-order valence-corrected chi connectivity index (χ1v) is 10.3. The summed E-state index contributed by atoms with van der Waals surface area (Å²) in [6.07, 6.45) is 0. The summed E-state index contributed by atoms with van der Waals surface area (Å²) in [7, 11) is -4.50. The van der Waals surface area contributed by atoms with Crippen molar-refractivity contribution in [2.75, 3.05) is 38.6 Å². The van der Waals surface area contributed by atoms with Crippen LogP contribution < -0.4 is 4.72 Å². The average molecular weight is 377 g/mol. The number of sulfonamides is 1. The van der Waals surface area contributed by atoms with E-state index >= 15 is 0 Å². The standard InChI is InChI=1S/C14H23N3O5S2/c1-14(2)11-22-10-9-17(14)23(18,19)13-7-5-12(6-8-13)15-24(20,21)16(3)4/h5-8,15H,9-11H2,1-4H3. The fourth-order valence-corrected chi connectivity index (χ4v) is 4.72. The van der Waals surface area contributed by atoms with Crippen LogP contribution in [-0.2, 0) is 25.0 Å². The van der Waals surface area contributed by atoms with Crippen molar-refractivity contribution in [3.05, 3.63) is 24.3 Å². The Bertz CT molecular complexity index is 786. The molecular formula is C14H23N3O5S2. The average Bonchev–Trinajstić information content (AvgIpc) is 2.46. The molecule has 10 heteroatoms. The summed E-state index contributed by atoms with van der Waals surface area (Å²) in [6.45, 7) is 4.58. The van der Waals surface area contributed by atoms with Gasteiger partial charge in [-0.1, -0.05) is 0 Å². The van der Waals surface area contributed by atoms with Crippen molar-refractivity contribution >= 4 is 25.9 Å². The Labute approximate surface area is 143 Å². The molecule has 1 heterocycles. The molecule has 1 aliphatic heterocycles. The van der Waals surface area contributed by atoms with E-state index in [1.54, 1.807) is 0 Å². The number of benzene rings is 1. The molecule has 0 bridgehead atoms. The highest BCUT2D eigenvalue weighted by Gasteiger charge is 2.39. The van der Waals surface area contributed by atoms with Crippen molar-refractivity contribution in [3.63, 3.8) is 0 Å². The second-order valence-electron chi connectivity index (χ2n) is 6.36. The van der Waals surface area contributed by atoms with Crippen LogP contribution in [0.4, 0.5) is 5.69 Å². The van der Waals surface area contributed by atoms with Gasteiger partial charge in [0.2, 0.25) is 10.0 Å². The lowest BCUT2D eigenvalue weighted by molar-refractivity contribution is -0.00770. The van der Waals surface area contributed by atoms with Crippen molar-refractivity contribution in [2.24, 2.45) is 0 Å². The maximum absolute atomic E-state index is 12.8. The molecule has 1 aromatic carbocycles. The fourth-order valence-electron chi connectivity index (χ4n) is 2.35. The summed E-state index contributed by atoms with van der Waals surface area (Å²) in [5.41, 5.74) is -0.341. The van der Waals surface area contributed by atoms with Gasteiger partial charge in [0.25, 0.3) is 0 Å². The molecule has 0 radical (unpaired) electrons. The van der Waals surface area contributed by atoms with E-state index in [1.807, 2.05) is 13.8 Å². The summed E-state index contributed by atoms with van der Waals surface area (Å²) >= 11 is 0. The minimum absolute atomic E-state index is 0.116. The number of morpholine rings is 1. The molecule has 0 unspecified atom stereocenters. The Hall–Kier alpha value is -1.20. The van der Waals surface area contributed by atoms with Gasteiger partial charge in [-0.2, -0.15) is 17.0 Å². The van der Waals surface area contributed by atoms with E-state index < -0.39 is 25.8 Å². The summed E-state index contributed by atoms with van der Waals surface area (Å²) in [5.74, 6) is 0.